The molecular formula is C10H21NO4. The molecule has 0 saturated carbocycles. The first-order valence-corrected chi connectivity index (χ1v) is 5.10. The summed E-state index contributed by atoms with van der Waals surface area (Å²) < 4.78 is 10.2. The van der Waals surface area contributed by atoms with E-state index in [9.17, 15) is 4.79 Å². The van der Waals surface area contributed by atoms with Crippen molar-refractivity contribution in [1.82, 2.24) is 0 Å². The summed E-state index contributed by atoms with van der Waals surface area (Å²) in [6.07, 6.45) is 0.597. The van der Waals surface area contributed by atoms with E-state index in [1.807, 2.05) is 6.92 Å². The molecule has 90 valence electrons. The van der Waals surface area contributed by atoms with Crippen LogP contribution in [0.2, 0.25) is 0 Å². The van der Waals surface area contributed by atoms with Crippen molar-refractivity contribution in [3.63, 3.8) is 0 Å². The summed E-state index contributed by atoms with van der Waals surface area (Å²) >= 11 is 0. The van der Waals surface area contributed by atoms with Gasteiger partial charge in [-0.25, -0.2) is 0 Å². The van der Waals surface area contributed by atoms with Crippen LogP contribution in [0.1, 0.15) is 20.3 Å². The first-order valence-electron chi connectivity index (χ1n) is 5.10. The van der Waals surface area contributed by atoms with Gasteiger partial charge in [-0.05, 0) is 13.3 Å². The molecule has 0 fully saturated rings. The van der Waals surface area contributed by atoms with Crippen LogP contribution in [0.4, 0.5) is 0 Å². The number of aliphatic hydroxyl groups is 1. The molecule has 0 spiro atoms. The summed E-state index contributed by atoms with van der Waals surface area (Å²) in [5.41, 5.74) is 4.90. The predicted octanol–water partition coefficient (Wildman–Crippen LogP) is -0.0881. The van der Waals surface area contributed by atoms with Crippen LogP contribution in [0.5, 0.6) is 0 Å². The molecule has 0 aromatic rings. The van der Waals surface area contributed by atoms with Gasteiger partial charge in [-0.3, -0.25) is 4.79 Å². The molecule has 0 aliphatic rings. The van der Waals surface area contributed by atoms with E-state index in [-0.39, 0.29) is 25.7 Å². The first kappa shape index (κ1) is 14.3. The summed E-state index contributed by atoms with van der Waals surface area (Å²) in [6.45, 7) is 3.92. The molecule has 2 atom stereocenters. The molecule has 0 rings (SSSR count). The molecule has 2 unspecified atom stereocenters. The second-order valence-corrected chi connectivity index (χ2v) is 3.44. The van der Waals surface area contributed by atoms with Crippen LogP contribution in [-0.4, -0.2) is 43.5 Å². The van der Waals surface area contributed by atoms with Crippen LogP contribution in [-0.2, 0) is 14.3 Å². The molecule has 5 nitrogen and oxygen atoms in total. The zero-order chi connectivity index (χ0) is 11.9. The molecule has 0 bridgehead atoms. The fraction of sp³-hybridized carbons (Fsp3) is 0.900. The summed E-state index contributed by atoms with van der Waals surface area (Å²) in [7, 11) is 1.34. The van der Waals surface area contributed by atoms with Crippen LogP contribution in [0, 0.1) is 5.92 Å². The number of nitrogens with two attached hydrogens (primary N) is 1. The molecule has 0 aromatic carbocycles. The van der Waals surface area contributed by atoms with Crippen molar-refractivity contribution in [2.24, 2.45) is 11.7 Å². The lowest BCUT2D eigenvalue weighted by Crippen LogP contribution is -2.49. The molecule has 0 aliphatic heterocycles. The number of rotatable bonds is 7. The maximum absolute atomic E-state index is 11.4. The van der Waals surface area contributed by atoms with Crippen molar-refractivity contribution in [2.45, 2.75) is 25.9 Å². The highest BCUT2D eigenvalue weighted by atomic mass is 16.5. The number of esters is 1. The fourth-order valence-corrected chi connectivity index (χ4v) is 1.55. The Hall–Kier alpha value is -0.650. The largest absolute Gasteiger partial charge is 0.469 e. The molecule has 15 heavy (non-hydrogen) atoms. The smallest absolute Gasteiger partial charge is 0.311 e. The van der Waals surface area contributed by atoms with Crippen LogP contribution < -0.4 is 5.73 Å². The van der Waals surface area contributed by atoms with Gasteiger partial charge >= 0.3 is 5.97 Å². The fourth-order valence-electron chi connectivity index (χ4n) is 1.55. The number of ether oxygens (including phenoxy) is 2. The van der Waals surface area contributed by atoms with Crippen LogP contribution in [0.15, 0.2) is 0 Å². The quantitative estimate of drug-likeness (QED) is 0.585. The predicted molar refractivity (Wildman–Crippen MR) is 56.3 cm³/mol. The van der Waals surface area contributed by atoms with E-state index in [1.54, 1.807) is 6.92 Å². The lowest BCUT2D eigenvalue weighted by atomic mass is 9.86. The van der Waals surface area contributed by atoms with Crippen LogP contribution in [0.25, 0.3) is 0 Å². The van der Waals surface area contributed by atoms with E-state index in [0.29, 0.717) is 6.42 Å². The van der Waals surface area contributed by atoms with Gasteiger partial charge in [-0.1, -0.05) is 6.92 Å². The van der Waals surface area contributed by atoms with E-state index in [1.165, 1.54) is 7.11 Å². The van der Waals surface area contributed by atoms with Gasteiger partial charge in [0.1, 0.15) is 0 Å². The van der Waals surface area contributed by atoms with Gasteiger partial charge in [0.2, 0.25) is 0 Å². The highest BCUT2D eigenvalue weighted by molar-refractivity contribution is 5.73. The number of hydrogen-bond donors (Lipinski definition) is 2. The van der Waals surface area contributed by atoms with E-state index in [4.69, 9.17) is 15.6 Å². The summed E-state index contributed by atoms with van der Waals surface area (Å²) in [4.78, 5) is 11.4. The van der Waals surface area contributed by atoms with Gasteiger partial charge in [0, 0.05) is 6.54 Å². The molecule has 0 radical (unpaired) electrons. The summed E-state index contributed by atoms with van der Waals surface area (Å²) in [5, 5.41) is 8.72. The third-order valence-corrected chi connectivity index (χ3v) is 2.77. The van der Waals surface area contributed by atoms with Crippen molar-refractivity contribution >= 4 is 5.97 Å². The molecule has 0 saturated heterocycles. The molecule has 0 amide bonds. The van der Waals surface area contributed by atoms with Gasteiger partial charge < -0.3 is 20.3 Å². The van der Waals surface area contributed by atoms with Gasteiger partial charge in [0.25, 0.3) is 0 Å². The molecule has 0 aromatic heterocycles. The Bertz CT molecular complexity index is 192. The Morgan fingerprint density at radius 2 is 2.20 bits per heavy atom. The third-order valence-electron chi connectivity index (χ3n) is 2.77. The minimum absolute atomic E-state index is 0.0877. The van der Waals surface area contributed by atoms with Crippen molar-refractivity contribution < 1.29 is 19.4 Å². The molecule has 0 aliphatic carbocycles. The normalized spacial score (nSPS) is 16.9. The second-order valence-electron chi connectivity index (χ2n) is 3.44. The highest BCUT2D eigenvalue weighted by Crippen LogP contribution is 2.26. The van der Waals surface area contributed by atoms with E-state index in [2.05, 4.69) is 4.74 Å². The maximum Gasteiger partial charge on any atom is 0.311 e. The third kappa shape index (κ3) is 3.44. The lowest BCUT2D eigenvalue weighted by molar-refractivity contribution is -0.161. The number of aliphatic hydroxyl groups excluding tert-OH is 1. The monoisotopic (exact) mass is 219 g/mol. The lowest BCUT2D eigenvalue weighted by Gasteiger charge is -2.35. The first-order chi connectivity index (χ1) is 7.07. The minimum atomic E-state index is -0.740. The highest BCUT2D eigenvalue weighted by Gasteiger charge is 2.39. The zero-order valence-electron chi connectivity index (χ0n) is 9.66. The Kier molecular flexibility index (Phi) is 6.47. The molecule has 5 heteroatoms. The van der Waals surface area contributed by atoms with Gasteiger partial charge in [-0.2, -0.15) is 0 Å². The van der Waals surface area contributed by atoms with Gasteiger partial charge in [0.15, 0.2) is 0 Å². The second kappa shape index (κ2) is 6.76. The molecular weight excluding hydrogens is 198 g/mol. The average molecular weight is 219 g/mol. The molecule has 0 heterocycles. The van der Waals surface area contributed by atoms with Gasteiger partial charge in [-0.15, -0.1) is 0 Å². The Labute approximate surface area is 90.5 Å². The number of carbonyl (C=O) groups excluding carboxylic acids is 1. The van der Waals surface area contributed by atoms with Gasteiger partial charge in [0.05, 0.1) is 31.8 Å². The summed E-state index contributed by atoms with van der Waals surface area (Å²) in [5.74, 6) is -0.788. The molecule has 3 N–H and O–H groups in total. The Morgan fingerprint density at radius 1 is 1.60 bits per heavy atom. The number of hydrogen-bond acceptors (Lipinski definition) is 5. The number of carbonyl (C=O) groups is 1. The van der Waals surface area contributed by atoms with Crippen LogP contribution in [0.3, 0.4) is 0 Å². The number of methoxy groups -OCH3 is 1. The van der Waals surface area contributed by atoms with E-state index < -0.39 is 11.5 Å². The average Bonchev–Trinajstić information content (AvgIpc) is 2.29. The minimum Gasteiger partial charge on any atom is -0.469 e. The maximum atomic E-state index is 11.4. The van der Waals surface area contributed by atoms with Crippen molar-refractivity contribution in [2.75, 3.05) is 26.9 Å². The van der Waals surface area contributed by atoms with E-state index in [0.717, 1.165) is 0 Å². The van der Waals surface area contributed by atoms with Crippen LogP contribution >= 0.6 is 0 Å². The van der Waals surface area contributed by atoms with E-state index >= 15 is 0 Å². The van der Waals surface area contributed by atoms with Crippen molar-refractivity contribution in [3.05, 3.63) is 0 Å². The Morgan fingerprint density at radius 3 is 2.53 bits per heavy atom. The Balaban J connectivity index is 4.66. The standard InChI is InChI=1S/C10H21NO4/c1-4-10(7-11,15-6-5-12)8(2)9(13)14-3/h8,12H,4-7,11H2,1-3H3. The van der Waals surface area contributed by atoms with Crippen molar-refractivity contribution in [1.29, 1.82) is 0 Å². The topological polar surface area (TPSA) is 81.8 Å². The zero-order valence-corrected chi connectivity index (χ0v) is 9.66. The van der Waals surface area contributed by atoms with Crippen molar-refractivity contribution in [3.8, 4) is 0 Å². The summed E-state index contributed by atoms with van der Waals surface area (Å²) in [6, 6.07) is 0. The SMILES string of the molecule is CCC(CN)(OCCO)C(C)C(=O)OC.